The van der Waals surface area contributed by atoms with Crippen LogP contribution in [0.3, 0.4) is 0 Å². The molecular formula is C9H10ClIO2. The van der Waals surface area contributed by atoms with E-state index in [4.69, 9.17) is 21.1 Å². The van der Waals surface area contributed by atoms with Gasteiger partial charge in [0.25, 0.3) is 0 Å². The summed E-state index contributed by atoms with van der Waals surface area (Å²) in [7, 11) is 1.65. The Morgan fingerprint density at radius 3 is 2.77 bits per heavy atom. The maximum atomic E-state index is 5.79. The summed E-state index contributed by atoms with van der Waals surface area (Å²) in [5, 5.41) is 0.725. The molecule has 1 rings (SSSR count). The molecule has 0 saturated heterocycles. The van der Waals surface area contributed by atoms with Gasteiger partial charge in [-0.3, -0.25) is 0 Å². The minimum Gasteiger partial charge on any atom is -0.490 e. The number of benzene rings is 1. The Morgan fingerprint density at radius 2 is 2.15 bits per heavy atom. The van der Waals surface area contributed by atoms with E-state index in [0.29, 0.717) is 13.2 Å². The maximum Gasteiger partial charge on any atom is 0.132 e. The molecule has 0 fully saturated rings. The summed E-state index contributed by atoms with van der Waals surface area (Å²) in [6.45, 7) is 1.16. The van der Waals surface area contributed by atoms with Crippen LogP contribution in [0, 0.1) is 3.57 Å². The number of rotatable bonds is 4. The summed E-state index contributed by atoms with van der Waals surface area (Å²) in [4.78, 5) is 0. The van der Waals surface area contributed by atoms with Gasteiger partial charge in [-0.1, -0.05) is 11.6 Å². The van der Waals surface area contributed by atoms with Crippen LogP contribution in [-0.4, -0.2) is 20.3 Å². The second-order valence-corrected chi connectivity index (χ2v) is 4.01. The van der Waals surface area contributed by atoms with Crippen molar-refractivity contribution in [3.8, 4) is 5.75 Å². The Morgan fingerprint density at radius 1 is 1.38 bits per heavy atom. The lowest BCUT2D eigenvalue weighted by Crippen LogP contribution is -2.04. The Bertz CT molecular complexity index is 278. The van der Waals surface area contributed by atoms with Gasteiger partial charge in [0.2, 0.25) is 0 Å². The van der Waals surface area contributed by atoms with Crippen LogP contribution in [0.4, 0.5) is 0 Å². The second-order valence-electron chi connectivity index (χ2n) is 2.42. The van der Waals surface area contributed by atoms with Crippen molar-refractivity contribution >= 4 is 34.2 Å². The topological polar surface area (TPSA) is 18.5 Å². The van der Waals surface area contributed by atoms with Crippen LogP contribution < -0.4 is 4.74 Å². The molecule has 0 amide bonds. The summed E-state index contributed by atoms with van der Waals surface area (Å²) >= 11 is 7.98. The fourth-order valence-electron chi connectivity index (χ4n) is 0.827. The summed E-state index contributed by atoms with van der Waals surface area (Å²) in [6, 6.07) is 5.54. The second kappa shape index (κ2) is 5.67. The molecule has 0 atom stereocenters. The number of methoxy groups -OCH3 is 1. The van der Waals surface area contributed by atoms with Gasteiger partial charge in [0.05, 0.1) is 10.2 Å². The van der Waals surface area contributed by atoms with Gasteiger partial charge < -0.3 is 9.47 Å². The first-order valence-corrected chi connectivity index (χ1v) is 5.26. The molecule has 0 spiro atoms. The quantitative estimate of drug-likeness (QED) is 0.628. The summed E-state index contributed by atoms with van der Waals surface area (Å²) in [5.74, 6) is 0.849. The third-order valence-corrected chi connectivity index (χ3v) is 2.52. The van der Waals surface area contributed by atoms with Gasteiger partial charge in [0.15, 0.2) is 0 Å². The van der Waals surface area contributed by atoms with Crippen LogP contribution >= 0.6 is 34.2 Å². The number of hydrogen-bond donors (Lipinski definition) is 0. The minimum atomic E-state index is 0.564. The van der Waals surface area contributed by atoms with Crippen LogP contribution in [0.5, 0.6) is 5.75 Å². The van der Waals surface area contributed by atoms with E-state index in [-0.39, 0.29) is 0 Å². The zero-order chi connectivity index (χ0) is 9.68. The summed E-state index contributed by atoms with van der Waals surface area (Å²) in [5.41, 5.74) is 0. The Kier molecular flexibility index (Phi) is 4.83. The van der Waals surface area contributed by atoms with Gasteiger partial charge >= 0.3 is 0 Å². The van der Waals surface area contributed by atoms with Gasteiger partial charge in [0, 0.05) is 12.1 Å². The molecule has 1 aromatic carbocycles. The molecule has 0 bridgehead atoms. The fraction of sp³-hybridized carbons (Fsp3) is 0.333. The van der Waals surface area contributed by atoms with Crippen molar-refractivity contribution in [1.29, 1.82) is 0 Å². The smallest absolute Gasteiger partial charge is 0.132 e. The zero-order valence-electron chi connectivity index (χ0n) is 7.22. The van der Waals surface area contributed by atoms with Crippen molar-refractivity contribution in [1.82, 2.24) is 0 Å². The highest BCUT2D eigenvalue weighted by Crippen LogP contribution is 2.24. The highest BCUT2D eigenvalue weighted by molar-refractivity contribution is 14.1. The van der Waals surface area contributed by atoms with Gasteiger partial charge in [-0.05, 0) is 40.8 Å². The van der Waals surface area contributed by atoms with Gasteiger partial charge in [0.1, 0.15) is 12.4 Å². The lowest BCUT2D eigenvalue weighted by atomic mass is 10.3. The van der Waals surface area contributed by atoms with Crippen LogP contribution in [0.15, 0.2) is 18.2 Å². The highest BCUT2D eigenvalue weighted by atomic mass is 127. The Hall–Kier alpha value is -0.000000000000000111. The molecule has 0 radical (unpaired) electrons. The van der Waals surface area contributed by atoms with Crippen LogP contribution in [0.1, 0.15) is 0 Å². The molecule has 4 heteroatoms. The van der Waals surface area contributed by atoms with Crippen molar-refractivity contribution in [2.75, 3.05) is 20.3 Å². The van der Waals surface area contributed by atoms with Crippen molar-refractivity contribution < 1.29 is 9.47 Å². The standard InChI is InChI=1S/C9H10ClIO2/c1-12-4-5-13-9-3-2-7(10)6-8(9)11/h2-3,6H,4-5H2,1H3. The predicted molar refractivity (Wildman–Crippen MR) is 61.5 cm³/mol. The Balaban J connectivity index is 2.56. The summed E-state index contributed by atoms with van der Waals surface area (Å²) < 4.78 is 11.3. The van der Waals surface area contributed by atoms with Crippen LogP contribution in [0.2, 0.25) is 5.02 Å². The van der Waals surface area contributed by atoms with E-state index in [2.05, 4.69) is 22.6 Å². The van der Waals surface area contributed by atoms with Gasteiger partial charge in [-0.2, -0.15) is 0 Å². The molecule has 0 aliphatic heterocycles. The third kappa shape index (κ3) is 3.70. The molecular weight excluding hydrogens is 302 g/mol. The molecule has 1 aromatic rings. The van der Waals surface area contributed by atoms with Crippen molar-refractivity contribution in [3.63, 3.8) is 0 Å². The average molecular weight is 313 g/mol. The van der Waals surface area contributed by atoms with E-state index in [1.807, 2.05) is 18.2 Å². The molecule has 0 saturated carbocycles. The predicted octanol–water partition coefficient (Wildman–Crippen LogP) is 2.97. The lowest BCUT2D eigenvalue weighted by Gasteiger charge is -2.07. The first-order chi connectivity index (χ1) is 6.24. The first kappa shape index (κ1) is 11.1. The van der Waals surface area contributed by atoms with Crippen LogP contribution in [-0.2, 0) is 4.74 Å². The normalized spacial score (nSPS) is 10.1. The van der Waals surface area contributed by atoms with E-state index < -0.39 is 0 Å². The van der Waals surface area contributed by atoms with Crippen LogP contribution in [0.25, 0.3) is 0 Å². The molecule has 0 unspecified atom stereocenters. The maximum absolute atomic E-state index is 5.79. The fourth-order valence-corrected chi connectivity index (χ4v) is 1.85. The van der Waals surface area contributed by atoms with Gasteiger partial charge in [-0.25, -0.2) is 0 Å². The lowest BCUT2D eigenvalue weighted by molar-refractivity contribution is 0.146. The highest BCUT2D eigenvalue weighted by Gasteiger charge is 2.00. The monoisotopic (exact) mass is 312 g/mol. The molecule has 0 aromatic heterocycles. The first-order valence-electron chi connectivity index (χ1n) is 3.81. The van der Waals surface area contributed by atoms with E-state index in [9.17, 15) is 0 Å². The van der Waals surface area contributed by atoms with Crippen molar-refractivity contribution in [2.45, 2.75) is 0 Å². The number of hydrogen-bond acceptors (Lipinski definition) is 2. The largest absolute Gasteiger partial charge is 0.490 e. The van der Waals surface area contributed by atoms with Gasteiger partial charge in [-0.15, -0.1) is 0 Å². The molecule has 13 heavy (non-hydrogen) atoms. The SMILES string of the molecule is COCCOc1ccc(Cl)cc1I. The van der Waals surface area contributed by atoms with E-state index in [1.165, 1.54) is 0 Å². The molecule has 0 heterocycles. The molecule has 0 aliphatic rings. The molecule has 0 aliphatic carbocycles. The molecule has 2 nitrogen and oxygen atoms in total. The van der Waals surface area contributed by atoms with Crippen molar-refractivity contribution in [3.05, 3.63) is 26.8 Å². The van der Waals surface area contributed by atoms with E-state index in [0.717, 1.165) is 14.3 Å². The van der Waals surface area contributed by atoms with E-state index in [1.54, 1.807) is 7.11 Å². The number of ether oxygens (including phenoxy) is 2. The van der Waals surface area contributed by atoms with Crippen molar-refractivity contribution in [2.24, 2.45) is 0 Å². The molecule has 72 valence electrons. The molecule has 0 N–H and O–H groups in total. The Labute approximate surface area is 96.3 Å². The zero-order valence-corrected chi connectivity index (χ0v) is 10.1. The van der Waals surface area contributed by atoms with E-state index >= 15 is 0 Å². The number of halogens is 2. The average Bonchev–Trinajstić information content (AvgIpc) is 2.09. The summed E-state index contributed by atoms with van der Waals surface area (Å²) in [6.07, 6.45) is 0. The minimum absolute atomic E-state index is 0.564. The third-order valence-electron chi connectivity index (χ3n) is 1.44.